The number of anilines is 3. The molecule has 0 radical (unpaired) electrons. The van der Waals surface area contributed by atoms with Crippen LogP contribution in [0.1, 0.15) is 26.7 Å². The maximum absolute atomic E-state index is 11.4. The van der Waals surface area contributed by atoms with Crippen molar-refractivity contribution in [2.75, 3.05) is 29.1 Å². The number of nitrogens with one attached hydrogen (secondary N) is 1. The average Bonchev–Trinajstić information content (AvgIpc) is 2.68. The largest absolute Gasteiger partial charge is 0.482 e. The van der Waals surface area contributed by atoms with E-state index in [-0.39, 0.29) is 18.1 Å². The van der Waals surface area contributed by atoms with E-state index in [1.807, 2.05) is 6.07 Å². The monoisotopic (exact) mass is 261 g/mol. The van der Waals surface area contributed by atoms with Crippen molar-refractivity contribution in [3.63, 3.8) is 0 Å². The lowest BCUT2D eigenvalue weighted by Crippen LogP contribution is -2.38. The minimum absolute atomic E-state index is 0.0565. The van der Waals surface area contributed by atoms with E-state index >= 15 is 0 Å². The van der Waals surface area contributed by atoms with Crippen LogP contribution in [0.4, 0.5) is 17.1 Å². The predicted molar refractivity (Wildman–Crippen MR) is 75.6 cm³/mol. The van der Waals surface area contributed by atoms with E-state index in [1.54, 1.807) is 6.07 Å². The first-order chi connectivity index (χ1) is 8.97. The third-order valence-electron chi connectivity index (χ3n) is 3.95. The molecule has 102 valence electrons. The van der Waals surface area contributed by atoms with Crippen LogP contribution in [-0.2, 0) is 4.79 Å². The Morgan fingerprint density at radius 2 is 2.21 bits per heavy atom. The van der Waals surface area contributed by atoms with Gasteiger partial charge in [-0.05, 0) is 32.8 Å². The number of nitrogens with zero attached hydrogens (tertiary/aromatic N) is 1. The van der Waals surface area contributed by atoms with Gasteiger partial charge in [0.1, 0.15) is 5.75 Å². The summed E-state index contributed by atoms with van der Waals surface area (Å²) in [4.78, 5) is 13.7. The molecule has 1 saturated heterocycles. The van der Waals surface area contributed by atoms with E-state index in [4.69, 9.17) is 10.5 Å². The van der Waals surface area contributed by atoms with Crippen molar-refractivity contribution in [3.05, 3.63) is 12.1 Å². The molecule has 1 aromatic carbocycles. The molecule has 0 atom stereocenters. The van der Waals surface area contributed by atoms with Gasteiger partial charge in [0.15, 0.2) is 6.61 Å². The number of fused-ring (bicyclic) bond motifs is 1. The Bertz CT molecular complexity index is 540. The molecule has 1 aromatic rings. The van der Waals surface area contributed by atoms with Crippen LogP contribution in [0, 0.1) is 0 Å². The van der Waals surface area contributed by atoms with Gasteiger partial charge < -0.3 is 20.7 Å². The molecule has 3 rings (SSSR count). The van der Waals surface area contributed by atoms with Crippen LogP contribution in [0.25, 0.3) is 0 Å². The molecule has 0 spiro atoms. The zero-order chi connectivity index (χ0) is 13.6. The molecule has 3 N–H and O–H groups in total. The van der Waals surface area contributed by atoms with Crippen molar-refractivity contribution in [2.24, 2.45) is 0 Å². The standard InChI is InChI=1S/C14H19N3O2/c1-14(2)4-3-5-17(14)11-7-10-12(6-9(11)15)19-8-13(18)16-10/h6-7H,3-5,8,15H2,1-2H3,(H,16,18). The van der Waals surface area contributed by atoms with Crippen LogP contribution in [-0.4, -0.2) is 24.6 Å². The molecule has 19 heavy (non-hydrogen) atoms. The summed E-state index contributed by atoms with van der Waals surface area (Å²) in [5.74, 6) is 0.529. The molecule has 0 unspecified atom stereocenters. The van der Waals surface area contributed by atoms with E-state index in [0.29, 0.717) is 17.1 Å². The molecule has 2 aliphatic rings. The summed E-state index contributed by atoms with van der Waals surface area (Å²) >= 11 is 0. The number of nitrogen functional groups attached to an aromatic ring is 1. The first-order valence-corrected chi connectivity index (χ1v) is 6.61. The third kappa shape index (κ3) is 1.99. The molecular weight excluding hydrogens is 242 g/mol. The van der Waals surface area contributed by atoms with Crippen LogP contribution < -0.4 is 20.7 Å². The van der Waals surface area contributed by atoms with Gasteiger partial charge in [0.25, 0.3) is 5.91 Å². The second kappa shape index (κ2) is 4.05. The van der Waals surface area contributed by atoms with Crippen molar-refractivity contribution >= 4 is 23.0 Å². The molecule has 0 saturated carbocycles. The zero-order valence-corrected chi connectivity index (χ0v) is 11.3. The summed E-state index contributed by atoms with van der Waals surface area (Å²) in [6.45, 7) is 5.48. The zero-order valence-electron chi connectivity index (χ0n) is 11.3. The molecule has 0 aromatic heterocycles. The smallest absolute Gasteiger partial charge is 0.262 e. The number of nitrogens with two attached hydrogens (primary N) is 1. The number of benzene rings is 1. The molecule has 2 heterocycles. The van der Waals surface area contributed by atoms with Gasteiger partial charge in [-0.3, -0.25) is 4.79 Å². The lowest BCUT2D eigenvalue weighted by Gasteiger charge is -2.35. The number of carbonyl (C=O) groups is 1. The van der Waals surface area contributed by atoms with Gasteiger partial charge in [-0.15, -0.1) is 0 Å². The predicted octanol–water partition coefficient (Wildman–Crippen LogP) is 1.98. The Balaban J connectivity index is 2.03. The maximum Gasteiger partial charge on any atom is 0.262 e. The fraction of sp³-hybridized carbons (Fsp3) is 0.500. The van der Waals surface area contributed by atoms with E-state index in [0.717, 1.165) is 25.1 Å². The van der Waals surface area contributed by atoms with Gasteiger partial charge in [-0.2, -0.15) is 0 Å². The van der Waals surface area contributed by atoms with E-state index in [9.17, 15) is 4.79 Å². The molecule has 5 heteroatoms. The highest BCUT2D eigenvalue weighted by atomic mass is 16.5. The summed E-state index contributed by atoms with van der Waals surface area (Å²) < 4.78 is 5.38. The summed E-state index contributed by atoms with van der Waals surface area (Å²) in [6, 6.07) is 3.73. The number of ether oxygens (including phenoxy) is 1. The molecule has 1 fully saturated rings. The second-order valence-corrected chi connectivity index (χ2v) is 5.81. The van der Waals surface area contributed by atoms with Crippen molar-refractivity contribution in [3.8, 4) is 5.75 Å². The number of carbonyl (C=O) groups excluding carboxylic acids is 1. The molecule has 2 aliphatic heterocycles. The Kier molecular flexibility index (Phi) is 2.59. The molecular formula is C14H19N3O2. The van der Waals surface area contributed by atoms with Gasteiger partial charge in [-0.1, -0.05) is 0 Å². The third-order valence-corrected chi connectivity index (χ3v) is 3.95. The topological polar surface area (TPSA) is 67.6 Å². The van der Waals surface area contributed by atoms with Crippen LogP contribution in [0.3, 0.4) is 0 Å². The minimum Gasteiger partial charge on any atom is -0.482 e. The van der Waals surface area contributed by atoms with Crippen molar-refractivity contribution < 1.29 is 9.53 Å². The number of hydrogen-bond donors (Lipinski definition) is 2. The Morgan fingerprint density at radius 3 is 2.89 bits per heavy atom. The highest BCUT2D eigenvalue weighted by Crippen LogP contribution is 2.42. The molecule has 1 amide bonds. The van der Waals surface area contributed by atoms with Crippen molar-refractivity contribution in [1.82, 2.24) is 0 Å². The number of amides is 1. The SMILES string of the molecule is CC1(C)CCCN1c1cc2c(cc1N)OCC(=O)N2. The average molecular weight is 261 g/mol. The Morgan fingerprint density at radius 1 is 1.42 bits per heavy atom. The quantitative estimate of drug-likeness (QED) is 0.758. The van der Waals surface area contributed by atoms with Crippen molar-refractivity contribution in [1.29, 1.82) is 0 Å². The fourth-order valence-electron chi connectivity index (χ4n) is 2.92. The maximum atomic E-state index is 11.4. The molecule has 5 nitrogen and oxygen atoms in total. The summed E-state index contributed by atoms with van der Waals surface area (Å²) in [7, 11) is 0. The summed E-state index contributed by atoms with van der Waals surface area (Å²) in [6.07, 6.45) is 2.30. The molecule has 0 bridgehead atoms. The van der Waals surface area contributed by atoms with Gasteiger partial charge in [0.2, 0.25) is 0 Å². The Labute approximate surface area is 112 Å². The van der Waals surface area contributed by atoms with Crippen LogP contribution in [0.2, 0.25) is 0 Å². The first-order valence-electron chi connectivity index (χ1n) is 6.61. The number of hydrogen-bond acceptors (Lipinski definition) is 4. The van der Waals surface area contributed by atoms with Crippen LogP contribution in [0.5, 0.6) is 5.75 Å². The van der Waals surface area contributed by atoms with Gasteiger partial charge in [-0.25, -0.2) is 0 Å². The van der Waals surface area contributed by atoms with Crippen LogP contribution in [0.15, 0.2) is 12.1 Å². The first kappa shape index (κ1) is 12.1. The van der Waals surface area contributed by atoms with Gasteiger partial charge in [0.05, 0.1) is 17.1 Å². The van der Waals surface area contributed by atoms with Gasteiger partial charge in [0, 0.05) is 18.2 Å². The van der Waals surface area contributed by atoms with Gasteiger partial charge >= 0.3 is 0 Å². The van der Waals surface area contributed by atoms with Crippen molar-refractivity contribution in [2.45, 2.75) is 32.2 Å². The second-order valence-electron chi connectivity index (χ2n) is 5.81. The highest BCUT2D eigenvalue weighted by molar-refractivity contribution is 5.97. The minimum atomic E-state index is -0.121. The summed E-state index contributed by atoms with van der Waals surface area (Å²) in [5.41, 5.74) is 8.63. The highest BCUT2D eigenvalue weighted by Gasteiger charge is 2.33. The Hall–Kier alpha value is -1.91. The van der Waals surface area contributed by atoms with E-state index in [1.165, 1.54) is 0 Å². The fourth-order valence-corrected chi connectivity index (χ4v) is 2.92. The van der Waals surface area contributed by atoms with Crippen LogP contribution >= 0.6 is 0 Å². The number of rotatable bonds is 1. The summed E-state index contributed by atoms with van der Waals surface area (Å²) in [5, 5.41) is 2.83. The lowest BCUT2D eigenvalue weighted by atomic mass is 10.0. The van der Waals surface area contributed by atoms with E-state index in [2.05, 4.69) is 24.1 Å². The van der Waals surface area contributed by atoms with E-state index < -0.39 is 0 Å². The molecule has 0 aliphatic carbocycles. The normalized spacial score (nSPS) is 20.7. The lowest BCUT2D eigenvalue weighted by molar-refractivity contribution is -0.118.